The molecule has 1 saturated heterocycles. The first-order chi connectivity index (χ1) is 14.9. The maximum atomic E-state index is 13.2. The smallest absolute Gasteiger partial charge is 0.227 e. The Morgan fingerprint density at radius 3 is 2.39 bits per heavy atom. The van der Waals surface area contributed by atoms with Crippen LogP contribution in [-0.2, 0) is 4.79 Å². The van der Waals surface area contributed by atoms with Crippen LogP contribution in [0.3, 0.4) is 0 Å². The first kappa shape index (κ1) is 20.9. The molecule has 1 aliphatic rings. The van der Waals surface area contributed by atoms with E-state index in [4.69, 9.17) is 0 Å². The number of rotatable bonds is 6. The molecular weight excluding hydrogens is 397 g/mol. The number of para-hydroxylation sites is 1. The molecule has 3 aromatic rings. The largest absolute Gasteiger partial charge is 0.508 e. The minimum Gasteiger partial charge on any atom is -0.508 e. The van der Waals surface area contributed by atoms with Crippen LogP contribution in [0.5, 0.6) is 11.5 Å². The first-order valence-corrected chi connectivity index (χ1v) is 10.3. The molecule has 3 atom stereocenters. The van der Waals surface area contributed by atoms with Crippen molar-refractivity contribution in [3.05, 3.63) is 89.7 Å². The number of carbonyl (C=O) groups excluding carboxylic acids is 1. The Hall–Kier alpha value is -3.38. The number of aliphatic hydroxyl groups is 1. The summed E-state index contributed by atoms with van der Waals surface area (Å²) in [6.45, 7) is 0. The molecule has 0 radical (unpaired) electrons. The number of phenols is 2. The Balaban J connectivity index is 1.62. The number of nitrogens with zero attached hydrogens (tertiary/aromatic N) is 1. The zero-order valence-corrected chi connectivity index (χ0v) is 16.9. The second-order valence-electron chi connectivity index (χ2n) is 7.90. The summed E-state index contributed by atoms with van der Waals surface area (Å²) in [5.74, 6) is -0.716. The van der Waals surface area contributed by atoms with Gasteiger partial charge >= 0.3 is 0 Å². The standard InChI is InChI=1S/C25H24FNO4/c26-18-9-6-16(7-10-18)22(29)13-8-17-14-24(31)27(19-4-2-1-3-5-19)25(17)21-12-11-20(28)15-23(21)30/h1-7,9-12,15,17,22,25,28-30H,8,13-14H2/t17-,22?,25+/m1/s1. The van der Waals surface area contributed by atoms with Gasteiger partial charge in [-0.15, -0.1) is 0 Å². The third kappa shape index (κ3) is 4.39. The van der Waals surface area contributed by atoms with Crippen LogP contribution in [0, 0.1) is 11.7 Å². The van der Waals surface area contributed by atoms with Gasteiger partial charge in [0.1, 0.15) is 17.3 Å². The highest BCUT2D eigenvalue weighted by atomic mass is 19.1. The number of halogens is 1. The first-order valence-electron chi connectivity index (χ1n) is 10.3. The number of phenolic OH excluding ortho intramolecular Hbond substituents is 2. The lowest BCUT2D eigenvalue weighted by Crippen LogP contribution is -2.28. The van der Waals surface area contributed by atoms with Crippen LogP contribution in [0.4, 0.5) is 10.1 Å². The second-order valence-corrected chi connectivity index (χ2v) is 7.90. The fourth-order valence-electron chi connectivity index (χ4n) is 4.35. The van der Waals surface area contributed by atoms with Crippen LogP contribution in [0.25, 0.3) is 0 Å². The van der Waals surface area contributed by atoms with Gasteiger partial charge in [-0.2, -0.15) is 0 Å². The molecule has 0 saturated carbocycles. The van der Waals surface area contributed by atoms with Gasteiger partial charge in [0.25, 0.3) is 0 Å². The molecule has 31 heavy (non-hydrogen) atoms. The number of hydrogen-bond donors (Lipinski definition) is 3. The number of hydrogen-bond acceptors (Lipinski definition) is 4. The maximum Gasteiger partial charge on any atom is 0.227 e. The maximum absolute atomic E-state index is 13.2. The van der Waals surface area contributed by atoms with Gasteiger partial charge in [-0.05, 0) is 60.7 Å². The van der Waals surface area contributed by atoms with Crippen LogP contribution in [0.1, 0.15) is 42.5 Å². The van der Waals surface area contributed by atoms with E-state index < -0.39 is 12.1 Å². The van der Waals surface area contributed by atoms with Crippen molar-refractivity contribution in [3.8, 4) is 11.5 Å². The Kier molecular flexibility index (Phi) is 5.91. The topological polar surface area (TPSA) is 81.0 Å². The van der Waals surface area contributed by atoms with Gasteiger partial charge in [0.2, 0.25) is 5.91 Å². The molecule has 1 fully saturated rings. The van der Waals surface area contributed by atoms with E-state index in [1.54, 1.807) is 23.1 Å². The molecule has 1 aliphatic heterocycles. The summed E-state index contributed by atoms with van der Waals surface area (Å²) in [4.78, 5) is 14.7. The summed E-state index contributed by atoms with van der Waals surface area (Å²) in [5, 5.41) is 30.8. The molecule has 0 aliphatic carbocycles. The Morgan fingerprint density at radius 1 is 1.00 bits per heavy atom. The summed E-state index contributed by atoms with van der Waals surface area (Å²) in [7, 11) is 0. The molecule has 160 valence electrons. The van der Waals surface area contributed by atoms with Crippen molar-refractivity contribution < 1.29 is 24.5 Å². The van der Waals surface area contributed by atoms with Crippen molar-refractivity contribution in [3.63, 3.8) is 0 Å². The Labute approximate surface area is 180 Å². The Morgan fingerprint density at radius 2 is 1.71 bits per heavy atom. The minimum absolute atomic E-state index is 0.0554. The summed E-state index contributed by atoms with van der Waals surface area (Å²) in [5.41, 5.74) is 1.90. The van der Waals surface area contributed by atoms with Crippen molar-refractivity contribution in [2.45, 2.75) is 31.4 Å². The van der Waals surface area contributed by atoms with Crippen LogP contribution in [0.2, 0.25) is 0 Å². The van der Waals surface area contributed by atoms with Gasteiger partial charge in [-0.3, -0.25) is 4.79 Å². The molecule has 0 aromatic heterocycles. The van der Waals surface area contributed by atoms with E-state index in [0.717, 1.165) is 5.69 Å². The molecule has 5 nitrogen and oxygen atoms in total. The number of carbonyl (C=O) groups is 1. The van der Waals surface area contributed by atoms with Gasteiger partial charge < -0.3 is 20.2 Å². The number of anilines is 1. The zero-order valence-electron chi connectivity index (χ0n) is 16.9. The van der Waals surface area contributed by atoms with Gasteiger partial charge in [0, 0.05) is 23.7 Å². The van der Waals surface area contributed by atoms with Crippen LogP contribution >= 0.6 is 0 Å². The van der Waals surface area contributed by atoms with Crippen molar-refractivity contribution in [2.24, 2.45) is 5.92 Å². The van der Waals surface area contributed by atoms with E-state index in [-0.39, 0.29) is 35.6 Å². The Bertz CT molecular complexity index is 1050. The molecule has 0 bridgehead atoms. The van der Waals surface area contributed by atoms with Gasteiger partial charge in [-0.25, -0.2) is 4.39 Å². The van der Waals surface area contributed by atoms with Crippen molar-refractivity contribution >= 4 is 11.6 Å². The van der Waals surface area contributed by atoms with E-state index in [2.05, 4.69) is 0 Å². The third-order valence-electron chi connectivity index (χ3n) is 5.86. The summed E-state index contributed by atoms with van der Waals surface area (Å²) in [6, 6.07) is 18.9. The molecule has 3 N–H and O–H groups in total. The number of aliphatic hydroxyl groups excluding tert-OH is 1. The lowest BCUT2D eigenvalue weighted by molar-refractivity contribution is -0.117. The number of aromatic hydroxyl groups is 2. The minimum atomic E-state index is -0.782. The molecular formula is C25H24FNO4. The SMILES string of the molecule is O=C1C[C@@H](CCC(O)c2ccc(F)cc2)[C@@H](c2ccc(O)cc2O)N1c1ccccc1. The quantitative estimate of drug-likeness (QED) is 0.532. The van der Waals surface area contributed by atoms with E-state index in [1.165, 1.54) is 24.3 Å². The average Bonchev–Trinajstić information content (AvgIpc) is 3.09. The van der Waals surface area contributed by atoms with Crippen LogP contribution in [-0.4, -0.2) is 21.2 Å². The van der Waals surface area contributed by atoms with Gasteiger partial charge in [0.15, 0.2) is 0 Å². The molecule has 1 amide bonds. The second kappa shape index (κ2) is 8.78. The lowest BCUT2D eigenvalue weighted by Gasteiger charge is -2.30. The molecule has 3 aromatic carbocycles. The fourth-order valence-corrected chi connectivity index (χ4v) is 4.35. The highest BCUT2D eigenvalue weighted by molar-refractivity contribution is 5.97. The summed E-state index contributed by atoms with van der Waals surface area (Å²) < 4.78 is 13.2. The monoisotopic (exact) mass is 421 g/mol. The lowest BCUT2D eigenvalue weighted by atomic mass is 9.87. The van der Waals surface area contributed by atoms with Crippen molar-refractivity contribution in [1.29, 1.82) is 0 Å². The van der Waals surface area contributed by atoms with E-state index in [1.807, 2.05) is 30.3 Å². The molecule has 4 rings (SSSR count). The van der Waals surface area contributed by atoms with Gasteiger partial charge in [0.05, 0.1) is 12.1 Å². The van der Waals surface area contributed by atoms with Gasteiger partial charge in [-0.1, -0.05) is 30.3 Å². The normalized spacial score (nSPS) is 19.5. The summed E-state index contributed by atoms with van der Waals surface area (Å²) in [6.07, 6.45) is 0.409. The van der Waals surface area contributed by atoms with Crippen LogP contribution < -0.4 is 4.90 Å². The predicted molar refractivity (Wildman–Crippen MR) is 115 cm³/mol. The van der Waals surface area contributed by atoms with Crippen LogP contribution in [0.15, 0.2) is 72.8 Å². The van der Waals surface area contributed by atoms with E-state index >= 15 is 0 Å². The molecule has 0 spiro atoms. The third-order valence-corrected chi connectivity index (χ3v) is 5.86. The molecule has 6 heteroatoms. The number of amides is 1. The highest BCUT2D eigenvalue weighted by Crippen LogP contribution is 2.46. The average molecular weight is 421 g/mol. The van der Waals surface area contributed by atoms with E-state index in [0.29, 0.717) is 24.0 Å². The summed E-state index contributed by atoms with van der Waals surface area (Å²) >= 11 is 0. The van der Waals surface area contributed by atoms with Crippen molar-refractivity contribution in [1.82, 2.24) is 0 Å². The highest BCUT2D eigenvalue weighted by Gasteiger charge is 2.42. The molecule has 1 unspecified atom stereocenters. The van der Waals surface area contributed by atoms with E-state index in [9.17, 15) is 24.5 Å². The molecule has 1 heterocycles. The number of benzene rings is 3. The van der Waals surface area contributed by atoms with Crippen molar-refractivity contribution in [2.75, 3.05) is 4.90 Å². The fraction of sp³-hybridized carbons (Fsp3) is 0.240. The zero-order chi connectivity index (χ0) is 22.0. The predicted octanol–water partition coefficient (Wildman–Crippen LogP) is 4.84.